The Morgan fingerprint density at radius 2 is 2.11 bits per heavy atom. The van der Waals surface area contributed by atoms with Crippen molar-refractivity contribution in [3.63, 3.8) is 0 Å². The summed E-state index contributed by atoms with van der Waals surface area (Å²) in [4.78, 5) is 0. The van der Waals surface area contributed by atoms with Crippen molar-refractivity contribution in [1.82, 2.24) is 5.32 Å². The molecule has 1 rings (SSSR count). The first-order valence-electron chi connectivity index (χ1n) is 7.10. The Kier molecular flexibility index (Phi) is 7.61. The maximum atomic E-state index is 9.75. The van der Waals surface area contributed by atoms with Crippen LogP contribution in [0.1, 0.15) is 39.5 Å². The van der Waals surface area contributed by atoms with Gasteiger partial charge in [-0.15, -0.1) is 0 Å². The number of ether oxygens (including phenoxy) is 1. The van der Waals surface area contributed by atoms with Crippen LogP contribution in [-0.2, 0) is 4.74 Å². The molecule has 1 saturated carbocycles. The maximum Gasteiger partial charge on any atom is 0.0897 e. The molecule has 0 aromatic heterocycles. The van der Waals surface area contributed by atoms with Gasteiger partial charge in [0, 0.05) is 24.4 Å². The minimum Gasteiger partial charge on any atom is -0.389 e. The zero-order valence-corrected chi connectivity index (χ0v) is 12.9. The van der Waals surface area contributed by atoms with Crippen LogP contribution in [0.2, 0.25) is 0 Å². The molecule has 0 saturated heterocycles. The fraction of sp³-hybridized carbons (Fsp3) is 1.00. The maximum absolute atomic E-state index is 9.75. The highest BCUT2D eigenvalue weighted by Gasteiger charge is 2.41. The minimum atomic E-state index is -0.373. The second kappa shape index (κ2) is 8.41. The van der Waals surface area contributed by atoms with Crippen molar-refractivity contribution in [3.8, 4) is 0 Å². The summed E-state index contributed by atoms with van der Waals surface area (Å²) in [5.74, 6) is 0.737. The molecule has 1 aliphatic carbocycles. The zero-order valence-electron chi connectivity index (χ0n) is 12.1. The van der Waals surface area contributed by atoms with Crippen molar-refractivity contribution in [3.05, 3.63) is 0 Å². The monoisotopic (exact) mass is 275 g/mol. The lowest BCUT2D eigenvalue weighted by molar-refractivity contribution is 0.0348. The molecule has 108 valence electrons. The van der Waals surface area contributed by atoms with E-state index in [9.17, 15) is 5.11 Å². The summed E-state index contributed by atoms with van der Waals surface area (Å²) >= 11 is 1.94. The molecule has 0 spiro atoms. The van der Waals surface area contributed by atoms with Crippen LogP contribution in [0.25, 0.3) is 0 Å². The van der Waals surface area contributed by atoms with E-state index in [0.29, 0.717) is 17.9 Å². The molecular formula is C14H29NO2S. The molecule has 3 nitrogen and oxygen atoms in total. The summed E-state index contributed by atoms with van der Waals surface area (Å²) in [7, 11) is 0. The van der Waals surface area contributed by atoms with Crippen molar-refractivity contribution < 1.29 is 9.84 Å². The molecule has 0 aromatic rings. The van der Waals surface area contributed by atoms with Gasteiger partial charge in [0.1, 0.15) is 0 Å². The molecule has 0 radical (unpaired) electrons. The molecule has 0 aliphatic heterocycles. The molecule has 4 heteroatoms. The Hall–Kier alpha value is 0.230. The van der Waals surface area contributed by atoms with E-state index in [4.69, 9.17) is 4.74 Å². The standard InChI is InChI=1S/C14H29NO2S/c1-12(2)5-4-8-17-10-13(16)9-15-11-14(18-3)6-7-14/h12-13,15-16H,4-11H2,1-3H3. The smallest absolute Gasteiger partial charge is 0.0897 e. The zero-order chi connectivity index (χ0) is 13.4. The summed E-state index contributed by atoms with van der Waals surface area (Å²) in [6.45, 7) is 7.32. The third-order valence-electron chi connectivity index (χ3n) is 3.45. The van der Waals surface area contributed by atoms with Crippen molar-refractivity contribution in [2.24, 2.45) is 5.92 Å². The van der Waals surface area contributed by atoms with Crippen LogP contribution in [-0.4, -0.2) is 48.5 Å². The second-order valence-electron chi connectivity index (χ2n) is 5.78. The summed E-state index contributed by atoms with van der Waals surface area (Å²) in [5, 5.41) is 13.1. The van der Waals surface area contributed by atoms with Gasteiger partial charge in [0.25, 0.3) is 0 Å². The quantitative estimate of drug-likeness (QED) is 0.568. The Morgan fingerprint density at radius 3 is 2.67 bits per heavy atom. The molecular weight excluding hydrogens is 246 g/mol. The third kappa shape index (κ3) is 6.98. The van der Waals surface area contributed by atoms with Crippen LogP contribution in [0.3, 0.4) is 0 Å². The van der Waals surface area contributed by atoms with Crippen molar-refractivity contribution in [2.75, 3.05) is 32.6 Å². The lowest BCUT2D eigenvalue weighted by Crippen LogP contribution is -2.35. The number of hydrogen-bond donors (Lipinski definition) is 2. The van der Waals surface area contributed by atoms with Crippen LogP contribution in [0, 0.1) is 5.92 Å². The fourth-order valence-corrected chi connectivity index (χ4v) is 2.69. The van der Waals surface area contributed by atoms with Gasteiger partial charge < -0.3 is 15.2 Å². The van der Waals surface area contributed by atoms with E-state index in [0.717, 1.165) is 25.5 Å². The Labute approximate surface area is 116 Å². The number of nitrogens with one attached hydrogen (secondary N) is 1. The van der Waals surface area contributed by atoms with E-state index >= 15 is 0 Å². The number of thioether (sulfide) groups is 1. The largest absolute Gasteiger partial charge is 0.389 e. The summed E-state index contributed by atoms with van der Waals surface area (Å²) < 4.78 is 5.95. The molecule has 1 aliphatic rings. The Balaban J connectivity index is 1.89. The first kappa shape index (κ1) is 16.3. The minimum absolute atomic E-state index is 0.373. The highest BCUT2D eigenvalue weighted by molar-refractivity contribution is 8.00. The predicted octanol–water partition coefficient (Wildman–Crippen LogP) is 2.29. The number of aliphatic hydroxyl groups is 1. The van der Waals surface area contributed by atoms with Gasteiger partial charge >= 0.3 is 0 Å². The van der Waals surface area contributed by atoms with Crippen LogP contribution in [0.5, 0.6) is 0 Å². The Morgan fingerprint density at radius 1 is 1.39 bits per heavy atom. The van der Waals surface area contributed by atoms with Crippen LogP contribution in [0.4, 0.5) is 0 Å². The average molecular weight is 275 g/mol. The third-order valence-corrected chi connectivity index (χ3v) is 4.87. The van der Waals surface area contributed by atoms with E-state index in [1.54, 1.807) is 0 Å². The van der Waals surface area contributed by atoms with Crippen LogP contribution < -0.4 is 5.32 Å². The van der Waals surface area contributed by atoms with E-state index < -0.39 is 0 Å². The van der Waals surface area contributed by atoms with Crippen LogP contribution >= 0.6 is 11.8 Å². The molecule has 0 aromatic carbocycles. The molecule has 2 N–H and O–H groups in total. The van der Waals surface area contributed by atoms with Gasteiger partial charge in [0.05, 0.1) is 12.7 Å². The van der Waals surface area contributed by atoms with Gasteiger partial charge in [-0.2, -0.15) is 11.8 Å². The van der Waals surface area contributed by atoms with Gasteiger partial charge in [0.2, 0.25) is 0 Å². The number of aliphatic hydroxyl groups excluding tert-OH is 1. The normalized spacial score (nSPS) is 19.2. The Bertz CT molecular complexity index is 220. The molecule has 1 unspecified atom stereocenters. The topological polar surface area (TPSA) is 41.5 Å². The van der Waals surface area contributed by atoms with Gasteiger partial charge in [-0.05, 0) is 37.9 Å². The number of hydrogen-bond acceptors (Lipinski definition) is 4. The summed E-state index contributed by atoms with van der Waals surface area (Å²) in [5.41, 5.74) is 0. The van der Waals surface area contributed by atoms with Crippen molar-refractivity contribution in [1.29, 1.82) is 0 Å². The van der Waals surface area contributed by atoms with E-state index in [1.165, 1.54) is 19.3 Å². The lowest BCUT2D eigenvalue weighted by atomic mass is 10.1. The molecule has 1 atom stereocenters. The van der Waals surface area contributed by atoms with Crippen LogP contribution in [0.15, 0.2) is 0 Å². The van der Waals surface area contributed by atoms with Crippen molar-refractivity contribution in [2.45, 2.75) is 50.4 Å². The van der Waals surface area contributed by atoms with Gasteiger partial charge in [-0.1, -0.05) is 13.8 Å². The summed E-state index contributed by atoms with van der Waals surface area (Å²) in [6.07, 6.45) is 6.70. The second-order valence-corrected chi connectivity index (χ2v) is 7.06. The first-order chi connectivity index (χ1) is 8.58. The number of rotatable bonds is 11. The van der Waals surface area contributed by atoms with Gasteiger partial charge in [-0.25, -0.2) is 0 Å². The molecule has 0 heterocycles. The molecule has 18 heavy (non-hydrogen) atoms. The molecule has 0 amide bonds. The first-order valence-corrected chi connectivity index (χ1v) is 8.32. The predicted molar refractivity (Wildman–Crippen MR) is 79.2 cm³/mol. The highest BCUT2D eigenvalue weighted by Crippen LogP contribution is 2.46. The fourth-order valence-electron chi connectivity index (χ4n) is 1.93. The SMILES string of the molecule is CSC1(CNCC(O)COCCCC(C)C)CC1. The molecule has 0 bridgehead atoms. The van der Waals surface area contributed by atoms with Gasteiger partial charge in [0.15, 0.2) is 0 Å². The summed E-state index contributed by atoms with van der Waals surface area (Å²) in [6, 6.07) is 0. The van der Waals surface area contributed by atoms with E-state index in [2.05, 4.69) is 25.4 Å². The van der Waals surface area contributed by atoms with E-state index in [1.807, 2.05) is 11.8 Å². The molecule has 1 fully saturated rings. The highest BCUT2D eigenvalue weighted by atomic mass is 32.2. The lowest BCUT2D eigenvalue weighted by Gasteiger charge is -2.16. The van der Waals surface area contributed by atoms with Crippen molar-refractivity contribution >= 4 is 11.8 Å². The average Bonchev–Trinajstić information content (AvgIpc) is 3.09. The van der Waals surface area contributed by atoms with Gasteiger partial charge in [-0.3, -0.25) is 0 Å². The van der Waals surface area contributed by atoms with E-state index in [-0.39, 0.29) is 6.10 Å².